The van der Waals surface area contributed by atoms with Crippen LogP contribution in [-0.4, -0.2) is 44.3 Å². The minimum Gasteiger partial charge on any atom is -0.374 e. The van der Waals surface area contributed by atoms with Crippen molar-refractivity contribution < 1.29 is 4.74 Å². The fourth-order valence-corrected chi connectivity index (χ4v) is 2.84. The Hall–Kier alpha value is -0.320. The van der Waals surface area contributed by atoms with Gasteiger partial charge in [-0.05, 0) is 37.4 Å². The Balaban J connectivity index is 2.25. The van der Waals surface area contributed by atoms with Gasteiger partial charge in [0.15, 0.2) is 0 Å². The van der Waals surface area contributed by atoms with Crippen LogP contribution in [0.4, 0.5) is 0 Å². The van der Waals surface area contributed by atoms with Gasteiger partial charge in [-0.25, -0.2) is 0 Å². The van der Waals surface area contributed by atoms with Crippen molar-refractivity contribution in [2.75, 3.05) is 33.3 Å². The first-order chi connectivity index (χ1) is 9.11. The van der Waals surface area contributed by atoms with Crippen molar-refractivity contribution >= 4 is 23.2 Å². The number of halogens is 2. The number of benzene rings is 1. The van der Waals surface area contributed by atoms with E-state index in [4.69, 9.17) is 27.9 Å². The summed E-state index contributed by atoms with van der Waals surface area (Å²) in [5.74, 6) is 0. The lowest BCUT2D eigenvalue weighted by molar-refractivity contribution is -0.0389. The van der Waals surface area contributed by atoms with Crippen molar-refractivity contribution in [3.63, 3.8) is 0 Å². The zero-order valence-corrected chi connectivity index (χ0v) is 12.8. The number of nitrogens with one attached hydrogen (secondary N) is 1. The molecular formula is C14H20Cl2N2O. The summed E-state index contributed by atoms with van der Waals surface area (Å²) in [7, 11) is 2.11. The summed E-state index contributed by atoms with van der Waals surface area (Å²) in [5.41, 5.74) is 1.01. The lowest BCUT2D eigenvalue weighted by Crippen LogP contribution is -2.46. The molecular weight excluding hydrogens is 283 g/mol. The fourth-order valence-electron chi connectivity index (χ4n) is 2.43. The third-order valence-corrected chi connectivity index (χ3v) is 3.96. The van der Waals surface area contributed by atoms with Crippen molar-refractivity contribution in [1.82, 2.24) is 10.2 Å². The third kappa shape index (κ3) is 3.83. The molecule has 0 amide bonds. The molecule has 0 radical (unpaired) electrons. The van der Waals surface area contributed by atoms with E-state index < -0.39 is 0 Å². The van der Waals surface area contributed by atoms with E-state index in [1.54, 1.807) is 0 Å². The van der Waals surface area contributed by atoms with E-state index in [0.29, 0.717) is 5.02 Å². The van der Waals surface area contributed by atoms with Crippen molar-refractivity contribution in [3.8, 4) is 0 Å². The Labute approximate surface area is 124 Å². The molecule has 1 aliphatic heterocycles. The van der Waals surface area contributed by atoms with Crippen molar-refractivity contribution in [2.45, 2.75) is 19.1 Å². The second-order valence-corrected chi connectivity index (χ2v) is 5.72. The van der Waals surface area contributed by atoms with Gasteiger partial charge >= 0.3 is 0 Å². The van der Waals surface area contributed by atoms with Crippen LogP contribution < -0.4 is 5.32 Å². The topological polar surface area (TPSA) is 24.5 Å². The van der Waals surface area contributed by atoms with Gasteiger partial charge in [-0.3, -0.25) is 0 Å². The molecule has 0 aliphatic carbocycles. The monoisotopic (exact) mass is 302 g/mol. The number of rotatable bonds is 4. The van der Waals surface area contributed by atoms with E-state index in [1.165, 1.54) is 0 Å². The van der Waals surface area contributed by atoms with Crippen LogP contribution in [-0.2, 0) is 4.74 Å². The normalized spacial score (nSPS) is 22.4. The molecule has 106 valence electrons. The molecule has 1 saturated heterocycles. The Morgan fingerprint density at radius 3 is 2.95 bits per heavy atom. The molecule has 5 heteroatoms. The smallest absolute Gasteiger partial charge is 0.0897 e. The maximum Gasteiger partial charge on any atom is 0.0897 e. The first kappa shape index (κ1) is 15.1. The molecule has 0 saturated carbocycles. The number of hydrogen-bond acceptors (Lipinski definition) is 3. The van der Waals surface area contributed by atoms with Gasteiger partial charge in [0.2, 0.25) is 0 Å². The lowest BCUT2D eigenvalue weighted by atomic mass is 10.00. The van der Waals surface area contributed by atoms with Gasteiger partial charge < -0.3 is 15.0 Å². The average Bonchev–Trinajstić information content (AvgIpc) is 2.39. The quantitative estimate of drug-likeness (QED) is 0.925. The zero-order valence-electron chi connectivity index (χ0n) is 11.3. The molecule has 19 heavy (non-hydrogen) atoms. The van der Waals surface area contributed by atoms with Gasteiger partial charge in [-0.1, -0.05) is 30.1 Å². The molecule has 1 heterocycles. The minimum atomic E-state index is 0.0685. The highest BCUT2D eigenvalue weighted by Crippen LogP contribution is 2.30. The molecule has 0 spiro atoms. The molecule has 1 N–H and O–H groups in total. The summed E-state index contributed by atoms with van der Waals surface area (Å²) in [6, 6.07) is 5.65. The van der Waals surface area contributed by atoms with E-state index in [-0.39, 0.29) is 12.1 Å². The highest BCUT2D eigenvalue weighted by Gasteiger charge is 2.28. The standard InChI is InChI=1S/C14H20Cl2N2O/c1-3-17-14(13-9-18(2)6-7-19-13)11-8-10(15)4-5-12(11)16/h4-5,8,13-14,17H,3,6-7,9H2,1-2H3. The van der Waals surface area contributed by atoms with Gasteiger partial charge in [0.25, 0.3) is 0 Å². The van der Waals surface area contributed by atoms with Crippen LogP contribution in [0.25, 0.3) is 0 Å². The molecule has 1 aromatic carbocycles. The van der Waals surface area contributed by atoms with E-state index in [2.05, 4.69) is 24.2 Å². The molecule has 0 aromatic heterocycles. The molecule has 1 aliphatic rings. The minimum absolute atomic E-state index is 0.0685. The number of ether oxygens (including phenoxy) is 1. The van der Waals surface area contributed by atoms with Crippen LogP contribution in [0.2, 0.25) is 10.0 Å². The number of hydrogen-bond donors (Lipinski definition) is 1. The Morgan fingerprint density at radius 1 is 1.47 bits per heavy atom. The summed E-state index contributed by atoms with van der Waals surface area (Å²) in [4.78, 5) is 2.27. The molecule has 1 fully saturated rings. The first-order valence-corrected chi connectivity index (χ1v) is 7.36. The maximum absolute atomic E-state index is 6.31. The van der Waals surface area contributed by atoms with E-state index in [1.807, 2.05) is 18.2 Å². The average molecular weight is 303 g/mol. The highest BCUT2D eigenvalue weighted by molar-refractivity contribution is 6.33. The van der Waals surface area contributed by atoms with Gasteiger partial charge in [0.1, 0.15) is 0 Å². The lowest BCUT2D eigenvalue weighted by Gasteiger charge is -2.36. The van der Waals surface area contributed by atoms with Crippen LogP contribution in [0.15, 0.2) is 18.2 Å². The van der Waals surface area contributed by atoms with E-state index in [9.17, 15) is 0 Å². The summed E-state index contributed by atoms with van der Waals surface area (Å²) in [6.45, 7) is 5.55. The van der Waals surface area contributed by atoms with Crippen LogP contribution in [0.1, 0.15) is 18.5 Å². The van der Waals surface area contributed by atoms with Crippen LogP contribution >= 0.6 is 23.2 Å². The first-order valence-electron chi connectivity index (χ1n) is 6.60. The summed E-state index contributed by atoms with van der Waals surface area (Å²) < 4.78 is 5.91. The summed E-state index contributed by atoms with van der Waals surface area (Å²) in [6.07, 6.45) is 0.0923. The largest absolute Gasteiger partial charge is 0.374 e. The predicted molar refractivity (Wildman–Crippen MR) is 80.1 cm³/mol. The zero-order chi connectivity index (χ0) is 13.8. The molecule has 2 atom stereocenters. The highest BCUT2D eigenvalue weighted by atomic mass is 35.5. The van der Waals surface area contributed by atoms with E-state index in [0.717, 1.165) is 36.8 Å². The second kappa shape index (κ2) is 6.91. The number of likely N-dealkylation sites (N-methyl/N-ethyl adjacent to an activating group) is 2. The Bertz CT molecular complexity index is 428. The molecule has 2 rings (SSSR count). The van der Waals surface area contributed by atoms with Gasteiger partial charge in [0, 0.05) is 23.1 Å². The van der Waals surface area contributed by atoms with Gasteiger partial charge in [-0.2, -0.15) is 0 Å². The SMILES string of the molecule is CCNC(c1cc(Cl)ccc1Cl)C1CN(C)CCO1. The summed E-state index contributed by atoms with van der Waals surface area (Å²) >= 11 is 12.4. The predicted octanol–water partition coefficient (Wildman–Crippen LogP) is 2.97. The van der Waals surface area contributed by atoms with Crippen molar-refractivity contribution in [1.29, 1.82) is 0 Å². The van der Waals surface area contributed by atoms with Crippen LogP contribution in [0, 0.1) is 0 Å². The fraction of sp³-hybridized carbons (Fsp3) is 0.571. The third-order valence-electron chi connectivity index (χ3n) is 3.39. The van der Waals surface area contributed by atoms with Crippen LogP contribution in [0.5, 0.6) is 0 Å². The van der Waals surface area contributed by atoms with Gasteiger partial charge in [-0.15, -0.1) is 0 Å². The van der Waals surface area contributed by atoms with Crippen molar-refractivity contribution in [2.24, 2.45) is 0 Å². The number of morpholine rings is 1. The molecule has 0 bridgehead atoms. The van der Waals surface area contributed by atoms with Crippen LogP contribution in [0.3, 0.4) is 0 Å². The Kier molecular flexibility index (Phi) is 5.48. The maximum atomic E-state index is 6.31. The molecule has 2 unspecified atom stereocenters. The van der Waals surface area contributed by atoms with Gasteiger partial charge in [0.05, 0.1) is 18.8 Å². The number of nitrogens with zero attached hydrogens (tertiary/aromatic N) is 1. The molecule has 3 nitrogen and oxygen atoms in total. The molecule has 1 aromatic rings. The van der Waals surface area contributed by atoms with E-state index >= 15 is 0 Å². The van der Waals surface area contributed by atoms with Crippen molar-refractivity contribution in [3.05, 3.63) is 33.8 Å². The summed E-state index contributed by atoms with van der Waals surface area (Å²) in [5, 5.41) is 4.89. The Morgan fingerprint density at radius 2 is 2.26 bits per heavy atom. The second-order valence-electron chi connectivity index (χ2n) is 4.87.